The van der Waals surface area contributed by atoms with Crippen LogP contribution in [0.3, 0.4) is 0 Å². The van der Waals surface area contributed by atoms with E-state index in [1.807, 2.05) is 0 Å². The third-order valence-corrected chi connectivity index (χ3v) is 1.62. The van der Waals surface area contributed by atoms with Crippen LogP contribution in [0.1, 0.15) is 13.8 Å². The normalized spacial score (nSPS) is 14.0. The lowest BCUT2D eigenvalue weighted by Crippen LogP contribution is -2.46. The minimum atomic E-state index is -4.09. The van der Waals surface area contributed by atoms with Gasteiger partial charge in [0.1, 0.15) is 0 Å². The van der Waals surface area contributed by atoms with E-state index in [1.54, 1.807) is 0 Å². The molecular weight excluding hydrogens is 178 g/mol. The van der Waals surface area contributed by atoms with Crippen molar-refractivity contribution in [3.8, 4) is 0 Å². The van der Waals surface area contributed by atoms with Crippen molar-refractivity contribution in [2.24, 2.45) is 11.3 Å². The van der Waals surface area contributed by atoms with Crippen molar-refractivity contribution in [1.29, 1.82) is 0 Å². The zero-order chi connectivity index (χ0) is 9.99. The van der Waals surface area contributed by atoms with E-state index < -0.39 is 24.4 Å². The summed E-state index contributed by atoms with van der Waals surface area (Å²) in [7, 11) is 0. The fraction of sp³-hybridized carbons (Fsp3) is 1.00. The van der Waals surface area contributed by atoms with Gasteiger partial charge < -0.3 is 4.84 Å². The highest BCUT2D eigenvalue weighted by Crippen LogP contribution is 2.40. The maximum Gasteiger partial charge on any atom is 0.314 e. The van der Waals surface area contributed by atoms with Gasteiger partial charge in [0, 0.05) is 0 Å². The second kappa shape index (κ2) is 3.57. The SMILES string of the molecule is CC(C)(CON)C(F)(F)C(F)F. The highest BCUT2D eigenvalue weighted by molar-refractivity contribution is 4.87. The molecular formula is C6H11F4NO. The minimum Gasteiger partial charge on any atom is -0.304 e. The summed E-state index contributed by atoms with van der Waals surface area (Å²) in [5.74, 6) is 0.442. The van der Waals surface area contributed by atoms with E-state index >= 15 is 0 Å². The Morgan fingerprint density at radius 1 is 1.33 bits per heavy atom. The Hall–Kier alpha value is -0.360. The highest BCUT2D eigenvalue weighted by Gasteiger charge is 2.54. The molecule has 0 aromatic carbocycles. The molecule has 74 valence electrons. The standard InChI is InChI=1S/C6H11F4NO/c1-5(2,3-12-11)6(9,10)4(7)8/h4H,3,11H2,1-2H3. The minimum absolute atomic E-state index is 0.621. The van der Waals surface area contributed by atoms with Crippen LogP contribution in [0.5, 0.6) is 0 Å². The van der Waals surface area contributed by atoms with Gasteiger partial charge in [-0.15, -0.1) is 0 Å². The molecule has 0 aromatic rings. The number of halogens is 4. The van der Waals surface area contributed by atoms with Crippen LogP contribution in [0.25, 0.3) is 0 Å². The van der Waals surface area contributed by atoms with Gasteiger partial charge in [-0.05, 0) is 0 Å². The van der Waals surface area contributed by atoms with Crippen molar-refractivity contribution in [2.45, 2.75) is 26.2 Å². The molecule has 0 aromatic heterocycles. The molecule has 2 nitrogen and oxygen atoms in total. The lowest BCUT2D eigenvalue weighted by Gasteiger charge is -2.31. The molecule has 0 aliphatic rings. The van der Waals surface area contributed by atoms with Crippen LogP contribution in [0.4, 0.5) is 17.6 Å². The molecule has 0 fully saturated rings. The van der Waals surface area contributed by atoms with Crippen LogP contribution < -0.4 is 5.90 Å². The fourth-order valence-corrected chi connectivity index (χ4v) is 0.600. The molecule has 12 heavy (non-hydrogen) atoms. The monoisotopic (exact) mass is 189 g/mol. The molecule has 2 N–H and O–H groups in total. The summed E-state index contributed by atoms with van der Waals surface area (Å²) in [5, 5.41) is 0. The van der Waals surface area contributed by atoms with Crippen LogP contribution in [-0.2, 0) is 4.84 Å². The van der Waals surface area contributed by atoms with Gasteiger partial charge in [0.25, 0.3) is 0 Å². The first kappa shape index (κ1) is 11.6. The highest BCUT2D eigenvalue weighted by atomic mass is 19.3. The van der Waals surface area contributed by atoms with Crippen LogP contribution in [0.2, 0.25) is 0 Å². The van der Waals surface area contributed by atoms with E-state index in [2.05, 4.69) is 10.7 Å². The number of alkyl halides is 4. The molecule has 0 amide bonds. The first-order chi connectivity index (χ1) is 5.25. The smallest absolute Gasteiger partial charge is 0.304 e. The second-order valence-corrected chi connectivity index (χ2v) is 3.12. The molecule has 0 bridgehead atoms. The van der Waals surface area contributed by atoms with Crippen molar-refractivity contribution in [2.75, 3.05) is 6.61 Å². The Balaban J connectivity index is 4.50. The average Bonchev–Trinajstić information content (AvgIpc) is 1.86. The van der Waals surface area contributed by atoms with Gasteiger partial charge in [-0.25, -0.2) is 14.7 Å². The van der Waals surface area contributed by atoms with Gasteiger partial charge in [-0.2, -0.15) is 8.78 Å². The Kier molecular flexibility index (Phi) is 3.46. The van der Waals surface area contributed by atoms with E-state index in [9.17, 15) is 17.6 Å². The van der Waals surface area contributed by atoms with Crippen LogP contribution in [0.15, 0.2) is 0 Å². The second-order valence-electron chi connectivity index (χ2n) is 3.12. The fourth-order valence-electron chi connectivity index (χ4n) is 0.600. The summed E-state index contributed by atoms with van der Waals surface area (Å²) in [4.78, 5) is 3.93. The molecule has 0 saturated carbocycles. The Morgan fingerprint density at radius 3 is 2.00 bits per heavy atom. The van der Waals surface area contributed by atoms with Crippen LogP contribution in [-0.4, -0.2) is 19.0 Å². The van der Waals surface area contributed by atoms with Gasteiger partial charge in [0.05, 0.1) is 12.0 Å². The summed E-state index contributed by atoms with van der Waals surface area (Å²) >= 11 is 0. The van der Waals surface area contributed by atoms with Crippen molar-refractivity contribution in [3.63, 3.8) is 0 Å². The van der Waals surface area contributed by atoms with Crippen molar-refractivity contribution in [3.05, 3.63) is 0 Å². The topological polar surface area (TPSA) is 35.2 Å². The van der Waals surface area contributed by atoms with E-state index in [0.29, 0.717) is 0 Å². The third-order valence-electron chi connectivity index (χ3n) is 1.62. The summed E-state index contributed by atoms with van der Waals surface area (Å²) in [5.41, 5.74) is -1.96. The molecule has 0 spiro atoms. The molecule has 6 heteroatoms. The summed E-state index contributed by atoms with van der Waals surface area (Å²) < 4.78 is 48.8. The van der Waals surface area contributed by atoms with E-state index in [0.717, 1.165) is 13.8 Å². The quantitative estimate of drug-likeness (QED) is 0.540. The maximum atomic E-state index is 12.6. The third kappa shape index (κ3) is 2.07. The summed E-state index contributed by atoms with van der Waals surface area (Å²) in [6, 6.07) is 0. The van der Waals surface area contributed by atoms with E-state index in [4.69, 9.17) is 0 Å². The molecule has 0 rings (SSSR count). The largest absolute Gasteiger partial charge is 0.314 e. The molecule has 0 aliphatic heterocycles. The van der Waals surface area contributed by atoms with Crippen LogP contribution >= 0.6 is 0 Å². The van der Waals surface area contributed by atoms with Crippen molar-refractivity contribution in [1.82, 2.24) is 0 Å². The zero-order valence-corrected chi connectivity index (χ0v) is 6.78. The molecule has 0 radical (unpaired) electrons. The van der Waals surface area contributed by atoms with Gasteiger partial charge in [0.15, 0.2) is 0 Å². The predicted octanol–water partition coefficient (Wildman–Crippen LogP) is 1.80. The van der Waals surface area contributed by atoms with Crippen LogP contribution in [0, 0.1) is 5.41 Å². The number of hydrogen-bond donors (Lipinski definition) is 1. The molecule has 0 heterocycles. The molecule has 0 saturated heterocycles. The Bertz CT molecular complexity index is 148. The number of nitrogens with two attached hydrogens (primary N) is 1. The number of hydrogen-bond acceptors (Lipinski definition) is 2. The van der Waals surface area contributed by atoms with Crippen molar-refractivity contribution >= 4 is 0 Å². The molecule has 0 atom stereocenters. The van der Waals surface area contributed by atoms with Crippen molar-refractivity contribution < 1.29 is 22.4 Å². The average molecular weight is 189 g/mol. The van der Waals surface area contributed by atoms with Gasteiger partial charge in [0.2, 0.25) is 0 Å². The first-order valence-electron chi connectivity index (χ1n) is 3.23. The summed E-state index contributed by atoms with van der Waals surface area (Å²) in [6.45, 7) is 1.31. The zero-order valence-electron chi connectivity index (χ0n) is 6.78. The van der Waals surface area contributed by atoms with Gasteiger partial charge in [-0.3, -0.25) is 0 Å². The predicted molar refractivity (Wildman–Crippen MR) is 34.9 cm³/mol. The molecule has 0 aliphatic carbocycles. The molecule has 0 unspecified atom stereocenters. The maximum absolute atomic E-state index is 12.6. The van der Waals surface area contributed by atoms with E-state index in [1.165, 1.54) is 0 Å². The van der Waals surface area contributed by atoms with E-state index in [-0.39, 0.29) is 0 Å². The number of rotatable bonds is 4. The Morgan fingerprint density at radius 2 is 1.75 bits per heavy atom. The van der Waals surface area contributed by atoms with Gasteiger partial charge >= 0.3 is 12.3 Å². The Labute approximate surface area is 67.6 Å². The summed E-state index contributed by atoms with van der Waals surface area (Å²) in [6.07, 6.45) is -3.71. The lowest BCUT2D eigenvalue weighted by atomic mass is 9.87. The van der Waals surface area contributed by atoms with Gasteiger partial charge in [-0.1, -0.05) is 13.8 Å². The first-order valence-corrected chi connectivity index (χ1v) is 3.23. The lowest BCUT2D eigenvalue weighted by molar-refractivity contribution is -0.212.